The molecule has 2 aromatic rings. The SMILES string of the molecule is CCN(Cc1cccs1)c1cc(C(F)(F)F)cc(NN)n1. The number of alkyl halides is 3. The first-order valence-electron chi connectivity index (χ1n) is 6.27. The van der Waals surface area contributed by atoms with Crippen LogP contribution in [0, 0.1) is 0 Å². The summed E-state index contributed by atoms with van der Waals surface area (Å²) in [7, 11) is 0. The molecular weight excluding hydrogens is 301 g/mol. The second kappa shape index (κ2) is 6.31. The summed E-state index contributed by atoms with van der Waals surface area (Å²) in [5.74, 6) is 5.45. The van der Waals surface area contributed by atoms with Gasteiger partial charge in [-0.15, -0.1) is 11.3 Å². The quantitative estimate of drug-likeness (QED) is 0.655. The van der Waals surface area contributed by atoms with Gasteiger partial charge in [0.2, 0.25) is 0 Å². The Labute approximate surface area is 124 Å². The van der Waals surface area contributed by atoms with Gasteiger partial charge >= 0.3 is 6.18 Å². The van der Waals surface area contributed by atoms with E-state index in [1.807, 2.05) is 24.4 Å². The van der Waals surface area contributed by atoms with Gasteiger partial charge in [-0.1, -0.05) is 6.07 Å². The molecule has 0 aliphatic carbocycles. The number of nitrogens with zero attached hydrogens (tertiary/aromatic N) is 2. The molecule has 0 aliphatic heterocycles. The molecule has 0 unspecified atom stereocenters. The zero-order valence-corrected chi connectivity index (χ0v) is 12.1. The van der Waals surface area contributed by atoms with Gasteiger partial charge in [-0.25, -0.2) is 10.8 Å². The van der Waals surface area contributed by atoms with Gasteiger partial charge < -0.3 is 10.3 Å². The maximum atomic E-state index is 12.9. The second-order valence-corrected chi connectivity index (χ2v) is 5.37. The summed E-state index contributed by atoms with van der Waals surface area (Å²) in [5.41, 5.74) is 1.41. The molecule has 2 rings (SSSR count). The van der Waals surface area contributed by atoms with Crippen LogP contribution in [0.5, 0.6) is 0 Å². The molecule has 0 saturated heterocycles. The third-order valence-electron chi connectivity index (χ3n) is 2.92. The van der Waals surface area contributed by atoms with Crippen LogP contribution < -0.4 is 16.2 Å². The number of nitrogens with two attached hydrogens (primary N) is 1. The lowest BCUT2D eigenvalue weighted by molar-refractivity contribution is -0.137. The molecule has 114 valence electrons. The first-order valence-corrected chi connectivity index (χ1v) is 7.15. The third-order valence-corrected chi connectivity index (χ3v) is 3.78. The Morgan fingerprint density at radius 2 is 2.14 bits per heavy atom. The Kier molecular flexibility index (Phi) is 4.69. The van der Waals surface area contributed by atoms with Gasteiger partial charge in [0.15, 0.2) is 0 Å². The monoisotopic (exact) mass is 316 g/mol. The Morgan fingerprint density at radius 1 is 1.38 bits per heavy atom. The number of hydrogen-bond acceptors (Lipinski definition) is 5. The maximum absolute atomic E-state index is 12.9. The van der Waals surface area contributed by atoms with Crippen molar-refractivity contribution in [3.63, 3.8) is 0 Å². The van der Waals surface area contributed by atoms with E-state index < -0.39 is 11.7 Å². The van der Waals surface area contributed by atoms with Crippen molar-refractivity contribution in [1.29, 1.82) is 0 Å². The van der Waals surface area contributed by atoms with Crippen LogP contribution in [0.4, 0.5) is 24.8 Å². The van der Waals surface area contributed by atoms with E-state index in [2.05, 4.69) is 10.4 Å². The molecule has 2 aromatic heterocycles. The predicted molar refractivity (Wildman–Crippen MR) is 78.1 cm³/mol. The predicted octanol–water partition coefficient (Wildman–Crippen LogP) is 3.47. The van der Waals surface area contributed by atoms with E-state index in [1.165, 1.54) is 0 Å². The van der Waals surface area contributed by atoms with Crippen LogP contribution in [0.15, 0.2) is 29.6 Å². The lowest BCUT2D eigenvalue weighted by atomic mass is 10.2. The molecule has 0 aromatic carbocycles. The molecular formula is C13H15F3N4S. The Bertz CT molecular complexity index is 584. The van der Waals surface area contributed by atoms with Crippen LogP contribution in [-0.2, 0) is 12.7 Å². The summed E-state index contributed by atoms with van der Waals surface area (Å²) < 4.78 is 38.7. The normalized spacial score (nSPS) is 11.5. The van der Waals surface area contributed by atoms with E-state index in [4.69, 9.17) is 5.84 Å². The van der Waals surface area contributed by atoms with Crippen molar-refractivity contribution >= 4 is 23.0 Å². The Morgan fingerprint density at radius 3 is 2.67 bits per heavy atom. The number of aromatic nitrogens is 1. The number of hydrogen-bond donors (Lipinski definition) is 2. The van der Waals surface area contributed by atoms with Crippen LogP contribution >= 0.6 is 11.3 Å². The van der Waals surface area contributed by atoms with Crippen LogP contribution in [0.25, 0.3) is 0 Å². The number of rotatable bonds is 5. The highest BCUT2D eigenvalue weighted by Gasteiger charge is 2.32. The zero-order valence-electron chi connectivity index (χ0n) is 11.3. The fourth-order valence-corrected chi connectivity index (χ4v) is 2.58. The van der Waals surface area contributed by atoms with Crippen molar-refractivity contribution in [1.82, 2.24) is 4.98 Å². The highest BCUT2D eigenvalue weighted by Crippen LogP contribution is 2.33. The summed E-state index contributed by atoms with van der Waals surface area (Å²) >= 11 is 1.55. The molecule has 0 radical (unpaired) electrons. The largest absolute Gasteiger partial charge is 0.416 e. The van der Waals surface area contributed by atoms with Crippen LogP contribution in [0.1, 0.15) is 17.4 Å². The average molecular weight is 316 g/mol. The highest BCUT2D eigenvalue weighted by atomic mass is 32.1. The van der Waals surface area contributed by atoms with E-state index in [0.717, 1.165) is 17.0 Å². The number of pyridine rings is 1. The molecule has 0 spiro atoms. The molecule has 0 bridgehead atoms. The van der Waals surface area contributed by atoms with E-state index >= 15 is 0 Å². The molecule has 21 heavy (non-hydrogen) atoms. The first-order chi connectivity index (χ1) is 9.94. The van der Waals surface area contributed by atoms with Gasteiger partial charge in [-0.05, 0) is 30.5 Å². The summed E-state index contributed by atoms with van der Waals surface area (Å²) in [6.07, 6.45) is -4.44. The minimum atomic E-state index is -4.44. The first kappa shape index (κ1) is 15.6. The second-order valence-electron chi connectivity index (χ2n) is 4.33. The summed E-state index contributed by atoms with van der Waals surface area (Å²) in [6.45, 7) is 2.91. The van der Waals surface area contributed by atoms with E-state index in [0.29, 0.717) is 13.1 Å². The van der Waals surface area contributed by atoms with E-state index in [9.17, 15) is 13.2 Å². The van der Waals surface area contributed by atoms with Gasteiger partial charge in [0.25, 0.3) is 0 Å². The summed E-state index contributed by atoms with van der Waals surface area (Å²) in [4.78, 5) is 6.93. The lowest BCUT2D eigenvalue weighted by Gasteiger charge is -2.23. The van der Waals surface area contributed by atoms with Gasteiger partial charge in [0, 0.05) is 11.4 Å². The van der Waals surface area contributed by atoms with Crippen molar-refractivity contribution in [2.75, 3.05) is 16.9 Å². The fourth-order valence-electron chi connectivity index (χ4n) is 1.86. The van der Waals surface area contributed by atoms with Gasteiger partial charge in [-0.3, -0.25) is 0 Å². The molecule has 0 atom stereocenters. The molecule has 3 N–H and O–H groups in total. The highest BCUT2D eigenvalue weighted by molar-refractivity contribution is 7.09. The number of halogens is 3. The summed E-state index contributed by atoms with van der Waals surface area (Å²) in [5, 5.41) is 1.93. The van der Waals surface area contributed by atoms with Crippen LogP contribution in [-0.4, -0.2) is 11.5 Å². The molecule has 8 heteroatoms. The van der Waals surface area contributed by atoms with Crippen molar-refractivity contribution in [3.8, 4) is 0 Å². The van der Waals surface area contributed by atoms with Crippen LogP contribution in [0.3, 0.4) is 0 Å². The molecule has 2 heterocycles. The van der Waals surface area contributed by atoms with Crippen molar-refractivity contribution in [2.45, 2.75) is 19.6 Å². The smallest absolute Gasteiger partial charge is 0.352 e. The summed E-state index contributed by atoms with van der Waals surface area (Å²) in [6, 6.07) is 5.77. The van der Waals surface area contributed by atoms with Gasteiger partial charge in [0.1, 0.15) is 11.6 Å². The molecule has 4 nitrogen and oxygen atoms in total. The maximum Gasteiger partial charge on any atom is 0.416 e. The van der Waals surface area contributed by atoms with Crippen molar-refractivity contribution in [2.24, 2.45) is 5.84 Å². The number of nitrogens with one attached hydrogen (secondary N) is 1. The lowest BCUT2D eigenvalue weighted by Crippen LogP contribution is -2.24. The number of thiophene rings is 1. The number of anilines is 2. The molecule has 0 aliphatic rings. The number of hydrazine groups is 1. The minimum absolute atomic E-state index is 0.00976. The fraction of sp³-hybridized carbons (Fsp3) is 0.308. The van der Waals surface area contributed by atoms with E-state index in [-0.39, 0.29) is 11.6 Å². The Hall–Kier alpha value is -1.80. The van der Waals surface area contributed by atoms with Crippen molar-refractivity contribution in [3.05, 3.63) is 40.1 Å². The molecule has 0 saturated carbocycles. The minimum Gasteiger partial charge on any atom is -0.352 e. The van der Waals surface area contributed by atoms with Gasteiger partial charge in [0.05, 0.1) is 12.1 Å². The molecule has 0 amide bonds. The average Bonchev–Trinajstić information content (AvgIpc) is 2.96. The topological polar surface area (TPSA) is 54.2 Å². The van der Waals surface area contributed by atoms with Crippen LogP contribution in [0.2, 0.25) is 0 Å². The van der Waals surface area contributed by atoms with E-state index in [1.54, 1.807) is 16.2 Å². The zero-order chi connectivity index (χ0) is 15.5. The van der Waals surface area contributed by atoms with Crippen molar-refractivity contribution < 1.29 is 13.2 Å². The Balaban J connectivity index is 2.35. The standard InChI is InChI=1S/C13H15F3N4S/c1-2-20(8-10-4-3-5-21-10)12-7-9(13(14,15)16)6-11(18-12)19-17/h3-7H,2,8,17H2,1H3,(H,18,19). The third kappa shape index (κ3) is 3.85. The molecule has 0 fully saturated rings. The number of nitrogen functional groups attached to an aromatic ring is 1. The van der Waals surface area contributed by atoms with Gasteiger partial charge in [-0.2, -0.15) is 13.2 Å².